The standard InChI is InChI=1S/C12H20N2O/c1-4-12(15)9-13-10-5-7-11(8-6-10)14(2)3/h5-8,12-13,15H,4,9H2,1-3H3. The largest absolute Gasteiger partial charge is 0.391 e. The Morgan fingerprint density at radius 1 is 1.27 bits per heavy atom. The lowest BCUT2D eigenvalue weighted by Gasteiger charge is -2.14. The highest BCUT2D eigenvalue weighted by Crippen LogP contribution is 2.15. The number of nitrogens with one attached hydrogen (secondary N) is 1. The summed E-state index contributed by atoms with van der Waals surface area (Å²) in [4.78, 5) is 2.06. The Bertz CT molecular complexity index is 282. The minimum atomic E-state index is -0.265. The summed E-state index contributed by atoms with van der Waals surface area (Å²) in [5, 5.41) is 12.6. The van der Waals surface area contributed by atoms with Gasteiger partial charge in [-0.1, -0.05) is 6.92 Å². The van der Waals surface area contributed by atoms with Crippen LogP contribution in [0.4, 0.5) is 11.4 Å². The maximum atomic E-state index is 9.39. The molecule has 0 spiro atoms. The van der Waals surface area contributed by atoms with Gasteiger partial charge in [0.25, 0.3) is 0 Å². The second kappa shape index (κ2) is 5.61. The normalized spacial score (nSPS) is 12.3. The second-order valence-corrected chi connectivity index (χ2v) is 3.88. The number of hydrogen-bond donors (Lipinski definition) is 2. The summed E-state index contributed by atoms with van der Waals surface area (Å²) >= 11 is 0. The van der Waals surface area contributed by atoms with Gasteiger partial charge in [0.2, 0.25) is 0 Å². The van der Waals surface area contributed by atoms with Crippen LogP contribution in [0.3, 0.4) is 0 Å². The molecule has 0 fully saturated rings. The van der Waals surface area contributed by atoms with Gasteiger partial charge in [-0.15, -0.1) is 0 Å². The van der Waals surface area contributed by atoms with E-state index in [1.165, 1.54) is 5.69 Å². The molecular formula is C12H20N2O. The Balaban J connectivity index is 2.50. The Morgan fingerprint density at radius 2 is 1.87 bits per heavy atom. The maximum Gasteiger partial charge on any atom is 0.0709 e. The summed E-state index contributed by atoms with van der Waals surface area (Å²) in [6.45, 7) is 2.58. The van der Waals surface area contributed by atoms with Crippen LogP contribution in [0.15, 0.2) is 24.3 Å². The lowest BCUT2D eigenvalue weighted by molar-refractivity contribution is 0.183. The molecule has 1 aromatic rings. The number of anilines is 2. The van der Waals surface area contributed by atoms with E-state index >= 15 is 0 Å². The fourth-order valence-electron chi connectivity index (χ4n) is 1.26. The molecule has 0 aliphatic carbocycles. The van der Waals surface area contributed by atoms with Crippen LogP contribution in [0.25, 0.3) is 0 Å². The van der Waals surface area contributed by atoms with Crippen molar-refractivity contribution >= 4 is 11.4 Å². The van der Waals surface area contributed by atoms with Crippen molar-refractivity contribution in [3.05, 3.63) is 24.3 Å². The van der Waals surface area contributed by atoms with Crippen LogP contribution >= 0.6 is 0 Å². The summed E-state index contributed by atoms with van der Waals surface area (Å²) in [7, 11) is 4.03. The molecule has 84 valence electrons. The molecule has 0 bridgehead atoms. The first kappa shape index (κ1) is 11.9. The highest BCUT2D eigenvalue weighted by Gasteiger charge is 2.00. The molecule has 2 N–H and O–H groups in total. The first-order valence-electron chi connectivity index (χ1n) is 5.32. The predicted octanol–water partition coefficient (Wildman–Crippen LogP) is 1.94. The van der Waals surface area contributed by atoms with Crippen LogP contribution in [0.1, 0.15) is 13.3 Å². The van der Waals surface area contributed by atoms with Crippen LogP contribution in [0.2, 0.25) is 0 Å². The van der Waals surface area contributed by atoms with E-state index in [1.807, 2.05) is 33.2 Å². The number of rotatable bonds is 5. The molecule has 0 aliphatic rings. The molecule has 1 atom stereocenters. The van der Waals surface area contributed by atoms with Crippen LogP contribution in [0.5, 0.6) is 0 Å². The molecule has 0 saturated carbocycles. The summed E-state index contributed by atoms with van der Waals surface area (Å²) in [6, 6.07) is 8.16. The lowest BCUT2D eigenvalue weighted by Crippen LogP contribution is -2.18. The summed E-state index contributed by atoms with van der Waals surface area (Å²) in [5.74, 6) is 0. The van der Waals surface area contributed by atoms with Gasteiger partial charge >= 0.3 is 0 Å². The first-order valence-corrected chi connectivity index (χ1v) is 5.32. The Kier molecular flexibility index (Phi) is 4.43. The topological polar surface area (TPSA) is 35.5 Å². The van der Waals surface area contributed by atoms with Gasteiger partial charge in [0.1, 0.15) is 0 Å². The van der Waals surface area contributed by atoms with Crippen molar-refractivity contribution in [3.63, 3.8) is 0 Å². The van der Waals surface area contributed by atoms with E-state index in [1.54, 1.807) is 0 Å². The average Bonchev–Trinajstić information content (AvgIpc) is 2.26. The number of benzene rings is 1. The average molecular weight is 208 g/mol. The molecule has 15 heavy (non-hydrogen) atoms. The minimum absolute atomic E-state index is 0.265. The van der Waals surface area contributed by atoms with Crippen molar-refractivity contribution in [2.75, 3.05) is 30.9 Å². The summed E-state index contributed by atoms with van der Waals surface area (Å²) in [6.07, 6.45) is 0.515. The smallest absolute Gasteiger partial charge is 0.0709 e. The van der Waals surface area contributed by atoms with Gasteiger partial charge < -0.3 is 15.3 Å². The molecule has 1 rings (SSSR count). The van der Waals surface area contributed by atoms with Crippen molar-refractivity contribution in [1.82, 2.24) is 0 Å². The fraction of sp³-hybridized carbons (Fsp3) is 0.500. The predicted molar refractivity (Wildman–Crippen MR) is 65.6 cm³/mol. The molecule has 3 nitrogen and oxygen atoms in total. The molecule has 0 aliphatic heterocycles. The SMILES string of the molecule is CCC(O)CNc1ccc(N(C)C)cc1. The molecular weight excluding hydrogens is 188 g/mol. The maximum absolute atomic E-state index is 9.39. The van der Waals surface area contributed by atoms with Crippen molar-refractivity contribution < 1.29 is 5.11 Å². The zero-order valence-electron chi connectivity index (χ0n) is 9.70. The second-order valence-electron chi connectivity index (χ2n) is 3.88. The van der Waals surface area contributed by atoms with Crippen LogP contribution in [-0.2, 0) is 0 Å². The first-order chi connectivity index (χ1) is 7.13. The van der Waals surface area contributed by atoms with Gasteiger partial charge in [-0.25, -0.2) is 0 Å². The van der Waals surface area contributed by atoms with Crippen LogP contribution in [0, 0.1) is 0 Å². The number of hydrogen-bond acceptors (Lipinski definition) is 3. The van der Waals surface area contributed by atoms with Crippen molar-refractivity contribution in [3.8, 4) is 0 Å². The monoisotopic (exact) mass is 208 g/mol. The third kappa shape index (κ3) is 3.80. The highest BCUT2D eigenvalue weighted by molar-refractivity contribution is 5.54. The van der Waals surface area contributed by atoms with Gasteiger partial charge in [0.15, 0.2) is 0 Å². The number of nitrogens with zero attached hydrogens (tertiary/aromatic N) is 1. The zero-order valence-corrected chi connectivity index (χ0v) is 9.70. The van der Waals surface area contributed by atoms with Gasteiger partial charge in [0, 0.05) is 32.0 Å². The third-order valence-corrected chi connectivity index (χ3v) is 2.40. The van der Waals surface area contributed by atoms with E-state index in [9.17, 15) is 5.11 Å². The van der Waals surface area contributed by atoms with Gasteiger partial charge in [0.05, 0.1) is 6.10 Å². The van der Waals surface area contributed by atoms with Gasteiger partial charge in [-0.05, 0) is 30.7 Å². The zero-order chi connectivity index (χ0) is 11.3. The summed E-state index contributed by atoms with van der Waals surface area (Å²) < 4.78 is 0. The van der Waals surface area contributed by atoms with E-state index in [4.69, 9.17) is 0 Å². The molecule has 0 aromatic heterocycles. The molecule has 1 unspecified atom stereocenters. The molecule has 3 heteroatoms. The number of aliphatic hydroxyl groups excluding tert-OH is 1. The molecule has 1 aromatic carbocycles. The van der Waals surface area contributed by atoms with Crippen LogP contribution < -0.4 is 10.2 Å². The van der Waals surface area contributed by atoms with Crippen molar-refractivity contribution in [2.24, 2.45) is 0 Å². The third-order valence-electron chi connectivity index (χ3n) is 2.40. The van der Waals surface area contributed by atoms with E-state index in [2.05, 4.69) is 22.3 Å². The number of aliphatic hydroxyl groups is 1. The van der Waals surface area contributed by atoms with Crippen molar-refractivity contribution in [2.45, 2.75) is 19.4 Å². The quantitative estimate of drug-likeness (QED) is 0.776. The molecule has 0 amide bonds. The minimum Gasteiger partial charge on any atom is -0.391 e. The Labute approximate surface area is 91.7 Å². The molecule has 0 saturated heterocycles. The van der Waals surface area contributed by atoms with E-state index < -0.39 is 0 Å². The molecule has 0 radical (unpaired) electrons. The van der Waals surface area contributed by atoms with Crippen LogP contribution in [-0.4, -0.2) is 31.9 Å². The van der Waals surface area contributed by atoms with E-state index in [-0.39, 0.29) is 6.10 Å². The van der Waals surface area contributed by atoms with E-state index in [0.717, 1.165) is 12.1 Å². The lowest BCUT2D eigenvalue weighted by atomic mass is 10.2. The Morgan fingerprint density at radius 3 is 2.33 bits per heavy atom. The summed E-state index contributed by atoms with van der Waals surface area (Å²) in [5.41, 5.74) is 2.23. The van der Waals surface area contributed by atoms with E-state index in [0.29, 0.717) is 6.54 Å². The fourth-order valence-corrected chi connectivity index (χ4v) is 1.26. The van der Waals surface area contributed by atoms with Gasteiger partial charge in [-0.3, -0.25) is 0 Å². The molecule has 0 heterocycles. The van der Waals surface area contributed by atoms with Gasteiger partial charge in [-0.2, -0.15) is 0 Å². The Hall–Kier alpha value is -1.22. The van der Waals surface area contributed by atoms with Crippen molar-refractivity contribution in [1.29, 1.82) is 0 Å². The highest BCUT2D eigenvalue weighted by atomic mass is 16.3.